The number of nitrogens with one attached hydrogen (secondary N) is 1. The van der Waals surface area contributed by atoms with Crippen LogP contribution in [0.5, 0.6) is 0 Å². The molecule has 2 aliphatic rings. The number of ether oxygens (including phenoxy) is 3. The van der Waals surface area contributed by atoms with E-state index in [4.69, 9.17) is 14.2 Å². The predicted molar refractivity (Wildman–Crippen MR) is 93.3 cm³/mol. The summed E-state index contributed by atoms with van der Waals surface area (Å²) in [5.74, 6) is -3.58. The van der Waals surface area contributed by atoms with E-state index in [0.717, 1.165) is 10.5 Å². The molecule has 154 valence electrons. The zero-order valence-corrected chi connectivity index (χ0v) is 18.8. The molecule has 1 aromatic carbocycles. The van der Waals surface area contributed by atoms with Crippen molar-refractivity contribution in [1.29, 1.82) is 0 Å². The SMILES string of the molecule is CO[C@@]1(NC(=O)Cc2ccccc2)C(=O)N2C(C(=O)[O-])=C(COC(C)=O)CO[C@@H]21.[Na+]. The van der Waals surface area contributed by atoms with Gasteiger partial charge in [0, 0.05) is 19.6 Å². The number of esters is 1. The summed E-state index contributed by atoms with van der Waals surface area (Å²) in [6.07, 6.45) is -1.21. The maximum Gasteiger partial charge on any atom is 1.00 e. The first kappa shape index (κ1) is 24.0. The molecule has 30 heavy (non-hydrogen) atoms. The molecule has 1 saturated heterocycles. The van der Waals surface area contributed by atoms with Crippen LogP contribution in [0.25, 0.3) is 0 Å². The molecule has 11 heteroatoms. The molecule has 1 fully saturated rings. The third-order valence-electron chi connectivity index (χ3n) is 4.61. The van der Waals surface area contributed by atoms with Crippen molar-refractivity contribution in [3.05, 3.63) is 47.2 Å². The zero-order valence-electron chi connectivity index (χ0n) is 16.8. The van der Waals surface area contributed by atoms with E-state index in [9.17, 15) is 24.3 Å². The minimum Gasteiger partial charge on any atom is -0.543 e. The standard InChI is InChI=1S/C19H20N2O8.Na/c1-11(22)28-9-13-10-29-18-19(27-2,17(26)21(18)15(13)16(24)25)20-14(23)8-12-6-4-3-5-7-12;/h3-7,18H,8-10H2,1-2H3,(H,20,23)(H,24,25);/q;+1/p-1/t18-,19+;/m1./s1. The molecule has 2 heterocycles. The minimum absolute atomic E-state index is 0. The number of fused-ring (bicyclic) bond motifs is 1. The third kappa shape index (κ3) is 4.42. The van der Waals surface area contributed by atoms with E-state index < -0.39 is 41.4 Å². The number of nitrogens with zero attached hydrogens (tertiary/aromatic N) is 1. The van der Waals surface area contributed by atoms with Gasteiger partial charge in [0.05, 0.1) is 24.7 Å². The van der Waals surface area contributed by atoms with Crippen molar-refractivity contribution in [1.82, 2.24) is 10.2 Å². The number of rotatable bonds is 7. The van der Waals surface area contributed by atoms with Gasteiger partial charge in [-0.15, -0.1) is 0 Å². The maximum atomic E-state index is 12.8. The molecule has 3 rings (SSSR count). The van der Waals surface area contributed by atoms with Crippen molar-refractivity contribution in [3.8, 4) is 0 Å². The number of aliphatic carboxylic acids is 1. The van der Waals surface area contributed by atoms with Gasteiger partial charge < -0.3 is 29.4 Å². The molecule has 0 aliphatic carbocycles. The molecular weight excluding hydrogens is 407 g/mol. The molecule has 1 aromatic rings. The summed E-state index contributed by atoms with van der Waals surface area (Å²) in [7, 11) is 1.21. The molecule has 0 aromatic heterocycles. The first-order chi connectivity index (χ1) is 13.8. The summed E-state index contributed by atoms with van der Waals surface area (Å²) in [6, 6.07) is 8.86. The minimum atomic E-state index is -1.86. The Morgan fingerprint density at radius 1 is 1.30 bits per heavy atom. The molecule has 1 N–H and O–H groups in total. The molecule has 10 nitrogen and oxygen atoms in total. The Bertz CT molecular complexity index is 888. The van der Waals surface area contributed by atoms with Crippen LogP contribution in [0.15, 0.2) is 41.6 Å². The molecular formula is C19H19N2NaO8. The molecule has 0 radical (unpaired) electrons. The van der Waals surface area contributed by atoms with Gasteiger partial charge in [-0.1, -0.05) is 30.3 Å². The Balaban J connectivity index is 0.00000320. The van der Waals surface area contributed by atoms with Crippen molar-refractivity contribution < 1.29 is 68.1 Å². The summed E-state index contributed by atoms with van der Waals surface area (Å²) in [4.78, 5) is 48.7. The van der Waals surface area contributed by atoms with Crippen LogP contribution in [-0.4, -0.2) is 60.9 Å². The molecule has 0 saturated carbocycles. The monoisotopic (exact) mass is 426 g/mol. The van der Waals surface area contributed by atoms with Crippen LogP contribution in [0, 0.1) is 0 Å². The second-order valence-corrected chi connectivity index (χ2v) is 6.51. The van der Waals surface area contributed by atoms with Crippen LogP contribution in [0.4, 0.5) is 0 Å². The first-order valence-electron chi connectivity index (χ1n) is 8.72. The van der Waals surface area contributed by atoms with Crippen LogP contribution in [-0.2, 0) is 39.8 Å². The first-order valence-corrected chi connectivity index (χ1v) is 8.72. The Kier molecular flexibility index (Phi) is 7.78. The largest absolute Gasteiger partial charge is 1.00 e. The quantitative estimate of drug-likeness (QED) is 0.199. The third-order valence-corrected chi connectivity index (χ3v) is 4.61. The van der Waals surface area contributed by atoms with Crippen molar-refractivity contribution in [3.63, 3.8) is 0 Å². The molecule has 0 unspecified atom stereocenters. The van der Waals surface area contributed by atoms with Crippen LogP contribution in [0.1, 0.15) is 12.5 Å². The van der Waals surface area contributed by atoms with Crippen molar-refractivity contribution in [2.24, 2.45) is 0 Å². The number of methoxy groups -OCH3 is 1. The Labute approximate surface area is 194 Å². The van der Waals surface area contributed by atoms with Gasteiger partial charge in [-0.05, 0) is 5.56 Å². The topological polar surface area (TPSA) is 134 Å². The fourth-order valence-corrected chi connectivity index (χ4v) is 3.26. The molecule has 0 bridgehead atoms. The zero-order chi connectivity index (χ0) is 21.2. The van der Waals surface area contributed by atoms with Gasteiger partial charge in [-0.3, -0.25) is 19.3 Å². The fourth-order valence-electron chi connectivity index (χ4n) is 3.26. The van der Waals surface area contributed by atoms with Crippen LogP contribution in [0.2, 0.25) is 0 Å². The number of carboxylic acids is 1. The van der Waals surface area contributed by atoms with E-state index in [0.29, 0.717) is 0 Å². The van der Waals surface area contributed by atoms with Crippen molar-refractivity contribution >= 4 is 23.8 Å². The van der Waals surface area contributed by atoms with E-state index in [1.165, 1.54) is 14.0 Å². The van der Waals surface area contributed by atoms with Crippen LogP contribution in [0.3, 0.4) is 0 Å². The van der Waals surface area contributed by atoms with E-state index in [2.05, 4.69) is 5.32 Å². The smallest absolute Gasteiger partial charge is 0.543 e. The number of benzene rings is 1. The van der Waals surface area contributed by atoms with Crippen molar-refractivity contribution in [2.45, 2.75) is 25.3 Å². The van der Waals surface area contributed by atoms with E-state index >= 15 is 0 Å². The summed E-state index contributed by atoms with van der Waals surface area (Å²) in [5.41, 5.74) is -1.54. The summed E-state index contributed by atoms with van der Waals surface area (Å²) < 4.78 is 15.6. The van der Waals surface area contributed by atoms with Gasteiger partial charge in [0.15, 0.2) is 6.23 Å². The van der Waals surface area contributed by atoms with E-state index in [1.54, 1.807) is 24.3 Å². The van der Waals surface area contributed by atoms with E-state index in [-0.39, 0.29) is 54.8 Å². The normalized spacial score (nSPS) is 22.4. The number of β-lactam (4-membered cyclic amide) rings is 1. The number of carbonyl (C=O) groups is 4. The average molecular weight is 426 g/mol. The van der Waals surface area contributed by atoms with Gasteiger partial charge in [0.25, 0.3) is 11.6 Å². The second kappa shape index (κ2) is 9.71. The molecule has 2 amide bonds. The number of amides is 2. The molecule has 2 atom stereocenters. The summed E-state index contributed by atoms with van der Waals surface area (Å²) in [6.45, 7) is 0.555. The van der Waals surface area contributed by atoms with E-state index in [1.807, 2.05) is 6.07 Å². The number of hydrogen-bond acceptors (Lipinski definition) is 8. The number of hydrogen-bond donors (Lipinski definition) is 1. The van der Waals surface area contributed by atoms with Crippen LogP contribution < -0.4 is 40.0 Å². The Hall–Kier alpha value is -2.24. The van der Waals surface area contributed by atoms with Crippen molar-refractivity contribution in [2.75, 3.05) is 20.3 Å². The number of carboxylic acid groups (broad SMARTS) is 1. The average Bonchev–Trinajstić information content (AvgIpc) is 2.69. The maximum absolute atomic E-state index is 12.8. The summed E-state index contributed by atoms with van der Waals surface area (Å²) in [5, 5.41) is 14.1. The van der Waals surface area contributed by atoms with Gasteiger partial charge in [0.2, 0.25) is 5.91 Å². The van der Waals surface area contributed by atoms with Crippen LogP contribution >= 0.6 is 0 Å². The fraction of sp³-hybridized carbons (Fsp3) is 0.368. The predicted octanol–water partition coefficient (Wildman–Crippen LogP) is -4.54. The van der Waals surface area contributed by atoms with Gasteiger partial charge in [-0.2, -0.15) is 0 Å². The van der Waals surface area contributed by atoms with Gasteiger partial charge in [-0.25, -0.2) is 0 Å². The van der Waals surface area contributed by atoms with Gasteiger partial charge >= 0.3 is 35.5 Å². The molecule has 2 aliphatic heterocycles. The van der Waals surface area contributed by atoms with Gasteiger partial charge in [0.1, 0.15) is 6.61 Å². The molecule has 0 spiro atoms. The Morgan fingerprint density at radius 2 is 1.97 bits per heavy atom. The number of carbonyl (C=O) groups excluding carboxylic acids is 4. The Morgan fingerprint density at radius 3 is 2.53 bits per heavy atom. The second-order valence-electron chi connectivity index (χ2n) is 6.51. The summed E-state index contributed by atoms with van der Waals surface area (Å²) >= 11 is 0.